The zero-order chi connectivity index (χ0) is 14.4. The second-order valence-electron chi connectivity index (χ2n) is 5.61. The van der Waals surface area contributed by atoms with Gasteiger partial charge in [0, 0.05) is 26.2 Å². The number of hydrogen-bond donors (Lipinski definition) is 2. The van der Waals surface area contributed by atoms with Crippen LogP contribution >= 0.6 is 0 Å². The number of urea groups is 1. The maximum absolute atomic E-state index is 11.9. The number of hydrogen-bond acceptors (Lipinski definition) is 3. The number of likely N-dealkylation sites (tertiary alicyclic amines) is 1. The number of nitrogens with zero attached hydrogens (tertiary/aromatic N) is 1. The molecule has 2 heterocycles. The van der Waals surface area contributed by atoms with Crippen LogP contribution in [0.2, 0.25) is 0 Å². The fraction of sp³-hybridized carbons (Fsp3) is 0.857. The van der Waals surface area contributed by atoms with Crippen LogP contribution in [0.4, 0.5) is 4.79 Å². The molecule has 2 aliphatic rings. The number of carboxylic acids is 1. The molecule has 6 nitrogen and oxygen atoms in total. The van der Waals surface area contributed by atoms with Crippen molar-refractivity contribution in [3.8, 4) is 0 Å². The number of amides is 2. The Morgan fingerprint density at radius 1 is 1.20 bits per heavy atom. The number of carboxylic acid groups (broad SMARTS) is 1. The molecule has 2 aliphatic heterocycles. The van der Waals surface area contributed by atoms with Crippen molar-refractivity contribution in [2.75, 3.05) is 26.2 Å². The van der Waals surface area contributed by atoms with Gasteiger partial charge >= 0.3 is 12.0 Å². The Balaban J connectivity index is 1.61. The highest BCUT2D eigenvalue weighted by atomic mass is 16.5. The van der Waals surface area contributed by atoms with Gasteiger partial charge in [-0.05, 0) is 38.5 Å². The molecule has 0 saturated carbocycles. The van der Waals surface area contributed by atoms with Gasteiger partial charge in [0.25, 0.3) is 0 Å². The summed E-state index contributed by atoms with van der Waals surface area (Å²) in [6.45, 7) is 2.52. The van der Waals surface area contributed by atoms with Crippen LogP contribution in [-0.4, -0.2) is 54.4 Å². The van der Waals surface area contributed by atoms with E-state index in [4.69, 9.17) is 9.84 Å². The van der Waals surface area contributed by atoms with Gasteiger partial charge in [-0.2, -0.15) is 0 Å². The normalized spacial score (nSPS) is 24.4. The maximum atomic E-state index is 11.9. The number of aliphatic carboxylic acids is 1. The summed E-state index contributed by atoms with van der Waals surface area (Å²) in [5.74, 6) is -1.05. The number of rotatable bonds is 4. The Morgan fingerprint density at radius 2 is 1.95 bits per heavy atom. The highest BCUT2D eigenvalue weighted by Gasteiger charge is 2.26. The summed E-state index contributed by atoms with van der Waals surface area (Å²) in [6.07, 6.45) is 5.67. The molecule has 0 aromatic rings. The summed E-state index contributed by atoms with van der Waals surface area (Å²) < 4.78 is 5.62. The lowest BCUT2D eigenvalue weighted by atomic mass is 9.97. The molecule has 2 fully saturated rings. The van der Waals surface area contributed by atoms with Crippen molar-refractivity contribution in [2.24, 2.45) is 5.92 Å². The van der Waals surface area contributed by atoms with E-state index >= 15 is 0 Å². The average Bonchev–Trinajstić information content (AvgIpc) is 2.48. The predicted octanol–water partition coefficient (Wildman–Crippen LogP) is 1.45. The summed E-state index contributed by atoms with van der Waals surface area (Å²) in [6, 6.07) is -0.0790. The van der Waals surface area contributed by atoms with Crippen molar-refractivity contribution in [1.82, 2.24) is 10.2 Å². The summed E-state index contributed by atoms with van der Waals surface area (Å²) in [5.41, 5.74) is 0. The van der Waals surface area contributed by atoms with Crippen LogP contribution in [0.5, 0.6) is 0 Å². The molecule has 1 atom stereocenters. The maximum Gasteiger partial charge on any atom is 0.317 e. The Labute approximate surface area is 119 Å². The van der Waals surface area contributed by atoms with Crippen LogP contribution in [0.1, 0.15) is 38.5 Å². The summed E-state index contributed by atoms with van der Waals surface area (Å²) in [7, 11) is 0. The Morgan fingerprint density at radius 3 is 2.55 bits per heavy atom. The molecule has 0 aliphatic carbocycles. The number of ether oxygens (including phenoxy) is 1. The van der Waals surface area contributed by atoms with E-state index in [1.807, 2.05) is 0 Å². The second-order valence-corrected chi connectivity index (χ2v) is 5.61. The van der Waals surface area contributed by atoms with Crippen molar-refractivity contribution in [3.05, 3.63) is 0 Å². The highest BCUT2D eigenvalue weighted by Crippen LogP contribution is 2.17. The molecule has 0 spiro atoms. The molecule has 20 heavy (non-hydrogen) atoms. The minimum Gasteiger partial charge on any atom is -0.481 e. The van der Waals surface area contributed by atoms with Crippen LogP contribution in [0.25, 0.3) is 0 Å². The third kappa shape index (κ3) is 4.37. The minimum atomic E-state index is -0.750. The van der Waals surface area contributed by atoms with Gasteiger partial charge in [-0.3, -0.25) is 4.79 Å². The molecular weight excluding hydrogens is 260 g/mol. The van der Waals surface area contributed by atoms with E-state index in [-0.39, 0.29) is 18.1 Å². The fourth-order valence-corrected chi connectivity index (χ4v) is 2.82. The largest absolute Gasteiger partial charge is 0.481 e. The second kappa shape index (κ2) is 7.47. The third-order valence-electron chi connectivity index (χ3n) is 4.15. The van der Waals surface area contributed by atoms with Crippen molar-refractivity contribution < 1.29 is 19.4 Å². The van der Waals surface area contributed by atoms with Gasteiger partial charge in [-0.15, -0.1) is 0 Å². The fourth-order valence-electron chi connectivity index (χ4n) is 2.82. The van der Waals surface area contributed by atoms with E-state index in [0.717, 1.165) is 25.9 Å². The topological polar surface area (TPSA) is 78.9 Å². The van der Waals surface area contributed by atoms with E-state index in [0.29, 0.717) is 32.5 Å². The van der Waals surface area contributed by atoms with E-state index < -0.39 is 5.97 Å². The molecule has 0 aromatic heterocycles. The van der Waals surface area contributed by atoms with Crippen molar-refractivity contribution in [1.29, 1.82) is 0 Å². The lowest BCUT2D eigenvalue weighted by Crippen LogP contribution is -2.46. The smallest absolute Gasteiger partial charge is 0.317 e. The van der Waals surface area contributed by atoms with E-state index in [2.05, 4.69) is 5.32 Å². The molecule has 2 rings (SSSR count). The predicted molar refractivity (Wildman–Crippen MR) is 73.5 cm³/mol. The number of piperidine rings is 1. The monoisotopic (exact) mass is 284 g/mol. The minimum absolute atomic E-state index is 0.0790. The van der Waals surface area contributed by atoms with E-state index in [9.17, 15) is 9.59 Å². The number of carbonyl (C=O) groups excluding carboxylic acids is 1. The molecule has 1 unspecified atom stereocenters. The SMILES string of the molecule is O=C(O)C1CCN(C(=O)NCCC2CCCCO2)CC1. The van der Waals surface area contributed by atoms with E-state index in [1.54, 1.807) is 4.90 Å². The van der Waals surface area contributed by atoms with Gasteiger partial charge in [-0.25, -0.2) is 4.79 Å². The Kier molecular flexibility index (Phi) is 5.64. The lowest BCUT2D eigenvalue weighted by molar-refractivity contribution is -0.143. The van der Waals surface area contributed by atoms with Crippen molar-refractivity contribution in [2.45, 2.75) is 44.6 Å². The quantitative estimate of drug-likeness (QED) is 0.819. The van der Waals surface area contributed by atoms with Gasteiger partial charge in [0.1, 0.15) is 0 Å². The standard InChI is InChI=1S/C14H24N2O4/c17-13(18)11-5-8-16(9-6-11)14(19)15-7-4-12-3-1-2-10-20-12/h11-12H,1-10H2,(H,15,19)(H,17,18). The zero-order valence-corrected chi connectivity index (χ0v) is 11.8. The molecule has 0 aromatic carbocycles. The molecule has 6 heteroatoms. The summed E-state index contributed by atoms with van der Waals surface area (Å²) >= 11 is 0. The molecule has 2 N–H and O–H groups in total. The third-order valence-corrected chi connectivity index (χ3v) is 4.15. The van der Waals surface area contributed by atoms with Crippen LogP contribution in [0, 0.1) is 5.92 Å². The molecule has 114 valence electrons. The number of carbonyl (C=O) groups is 2. The highest BCUT2D eigenvalue weighted by molar-refractivity contribution is 5.75. The molecule has 2 amide bonds. The lowest BCUT2D eigenvalue weighted by Gasteiger charge is -2.30. The first-order valence-electron chi connectivity index (χ1n) is 7.54. The average molecular weight is 284 g/mol. The van der Waals surface area contributed by atoms with Gasteiger partial charge in [0.15, 0.2) is 0 Å². The Hall–Kier alpha value is -1.30. The summed E-state index contributed by atoms with van der Waals surface area (Å²) in [5, 5.41) is 11.8. The van der Waals surface area contributed by atoms with Gasteiger partial charge in [0.05, 0.1) is 12.0 Å². The zero-order valence-electron chi connectivity index (χ0n) is 11.8. The van der Waals surface area contributed by atoms with Crippen molar-refractivity contribution in [3.63, 3.8) is 0 Å². The first-order chi connectivity index (χ1) is 9.66. The van der Waals surface area contributed by atoms with Crippen LogP contribution in [0.15, 0.2) is 0 Å². The van der Waals surface area contributed by atoms with E-state index in [1.165, 1.54) is 6.42 Å². The van der Waals surface area contributed by atoms with Crippen LogP contribution < -0.4 is 5.32 Å². The molecule has 0 bridgehead atoms. The van der Waals surface area contributed by atoms with Crippen LogP contribution in [0.3, 0.4) is 0 Å². The van der Waals surface area contributed by atoms with Gasteiger partial charge < -0.3 is 20.1 Å². The molecule has 2 saturated heterocycles. The van der Waals surface area contributed by atoms with Crippen molar-refractivity contribution >= 4 is 12.0 Å². The first-order valence-corrected chi connectivity index (χ1v) is 7.54. The Bertz CT molecular complexity index is 334. The van der Waals surface area contributed by atoms with Crippen LogP contribution in [-0.2, 0) is 9.53 Å². The first kappa shape index (κ1) is 15.1. The number of nitrogens with one attached hydrogen (secondary N) is 1. The van der Waals surface area contributed by atoms with Gasteiger partial charge in [0.2, 0.25) is 0 Å². The molecule has 0 radical (unpaired) electrons. The van der Waals surface area contributed by atoms with Gasteiger partial charge in [-0.1, -0.05) is 0 Å². The molecular formula is C14H24N2O4. The summed E-state index contributed by atoms with van der Waals surface area (Å²) in [4.78, 5) is 24.5.